The van der Waals surface area contributed by atoms with Gasteiger partial charge >= 0.3 is 0 Å². The summed E-state index contributed by atoms with van der Waals surface area (Å²) in [6.45, 7) is 3.66. The fourth-order valence-electron chi connectivity index (χ4n) is 1.65. The minimum atomic E-state index is 0.0694. The third kappa shape index (κ3) is 1.86. The van der Waals surface area contributed by atoms with E-state index in [1.807, 2.05) is 30.5 Å². The first kappa shape index (κ1) is 9.77. The van der Waals surface area contributed by atoms with Crippen LogP contribution in [0.25, 0.3) is 0 Å². The molecule has 78 valence electrons. The molecule has 0 fully saturated rings. The van der Waals surface area contributed by atoms with Gasteiger partial charge in [0.05, 0.1) is 5.69 Å². The van der Waals surface area contributed by atoms with E-state index in [-0.39, 0.29) is 11.7 Å². The first-order valence-electron chi connectivity index (χ1n) is 5.01. The maximum atomic E-state index is 11.1. The minimum absolute atomic E-state index is 0.0694. The van der Waals surface area contributed by atoms with E-state index in [4.69, 9.17) is 0 Å². The molecule has 3 heteroatoms. The Kier molecular flexibility index (Phi) is 2.46. The van der Waals surface area contributed by atoms with Gasteiger partial charge in [0.15, 0.2) is 5.78 Å². The monoisotopic (exact) mass is 202 g/mol. The van der Waals surface area contributed by atoms with Crippen LogP contribution in [0.1, 0.15) is 41.6 Å². The number of aromatic amines is 2. The number of Topliss-reactive ketones (excluding diaryl/α,β-unsaturated/α-hetero) is 1. The molecule has 2 rings (SSSR count). The molecule has 2 heterocycles. The van der Waals surface area contributed by atoms with Crippen molar-refractivity contribution in [1.82, 2.24) is 9.97 Å². The molecule has 1 atom stereocenters. The van der Waals surface area contributed by atoms with E-state index < -0.39 is 0 Å². The van der Waals surface area contributed by atoms with Crippen molar-refractivity contribution in [3.05, 3.63) is 47.5 Å². The molecule has 0 aliphatic rings. The van der Waals surface area contributed by atoms with E-state index in [0.29, 0.717) is 5.69 Å². The smallest absolute Gasteiger partial charge is 0.175 e. The van der Waals surface area contributed by atoms with Crippen molar-refractivity contribution < 1.29 is 4.79 Å². The predicted molar refractivity (Wildman–Crippen MR) is 59.1 cm³/mol. The van der Waals surface area contributed by atoms with Crippen LogP contribution in [-0.2, 0) is 0 Å². The maximum absolute atomic E-state index is 11.1. The van der Waals surface area contributed by atoms with Gasteiger partial charge in [-0.2, -0.15) is 0 Å². The van der Waals surface area contributed by atoms with Crippen molar-refractivity contribution in [2.24, 2.45) is 0 Å². The lowest BCUT2D eigenvalue weighted by molar-refractivity contribution is 0.101. The van der Waals surface area contributed by atoms with Gasteiger partial charge in [0.1, 0.15) is 0 Å². The molecule has 0 aliphatic heterocycles. The first-order chi connectivity index (χ1) is 7.18. The van der Waals surface area contributed by atoms with E-state index >= 15 is 0 Å². The van der Waals surface area contributed by atoms with Crippen LogP contribution in [0.5, 0.6) is 0 Å². The molecule has 15 heavy (non-hydrogen) atoms. The molecular weight excluding hydrogens is 188 g/mol. The third-order valence-electron chi connectivity index (χ3n) is 2.64. The summed E-state index contributed by atoms with van der Waals surface area (Å²) < 4.78 is 0. The second-order valence-electron chi connectivity index (χ2n) is 3.73. The normalized spacial score (nSPS) is 12.7. The van der Waals surface area contributed by atoms with Crippen LogP contribution in [-0.4, -0.2) is 15.8 Å². The summed E-state index contributed by atoms with van der Waals surface area (Å²) in [6.07, 6.45) is 1.90. The zero-order chi connectivity index (χ0) is 10.8. The molecule has 1 unspecified atom stereocenters. The van der Waals surface area contributed by atoms with E-state index in [0.717, 1.165) is 11.4 Å². The van der Waals surface area contributed by atoms with Gasteiger partial charge in [-0.15, -0.1) is 0 Å². The van der Waals surface area contributed by atoms with E-state index in [1.54, 1.807) is 6.92 Å². The Morgan fingerprint density at radius 2 is 2.07 bits per heavy atom. The molecule has 0 radical (unpaired) electrons. The molecule has 0 spiro atoms. The standard InChI is InChI=1S/C12H14N2O/c1-8(10-4-3-7-13-10)11-5-6-12(14-11)9(2)15/h3-8,13-14H,1-2H3. The summed E-state index contributed by atoms with van der Waals surface area (Å²) in [5.74, 6) is 0.327. The second kappa shape index (κ2) is 3.77. The topological polar surface area (TPSA) is 48.6 Å². The molecule has 0 aromatic carbocycles. The van der Waals surface area contributed by atoms with Crippen LogP contribution in [0.2, 0.25) is 0 Å². The molecule has 3 nitrogen and oxygen atoms in total. The zero-order valence-corrected chi connectivity index (χ0v) is 8.87. The number of carbonyl (C=O) groups is 1. The molecular formula is C12H14N2O. The summed E-state index contributed by atoms with van der Waals surface area (Å²) in [5.41, 5.74) is 2.87. The van der Waals surface area contributed by atoms with Crippen molar-refractivity contribution in [1.29, 1.82) is 0 Å². The fourth-order valence-corrected chi connectivity index (χ4v) is 1.65. The van der Waals surface area contributed by atoms with Crippen molar-refractivity contribution in [3.8, 4) is 0 Å². The highest BCUT2D eigenvalue weighted by Gasteiger charge is 2.12. The van der Waals surface area contributed by atoms with Crippen molar-refractivity contribution in [3.63, 3.8) is 0 Å². The number of H-pyrrole nitrogens is 2. The highest BCUT2D eigenvalue weighted by atomic mass is 16.1. The van der Waals surface area contributed by atoms with Crippen LogP contribution in [0, 0.1) is 0 Å². The second-order valence-corrected chi connectivity index (χ2v) is 3.73. The molecule has 0 bridgehead atoms. The van der Waals surface area contributed by atoms with Crippen LogP contribution in [0.15, 0.2) is 30.5 Å². The van der Waals surface area contributed by atoms with Gasteiger partial charge in [0.25, 0.3) is 0 Å². The van der Waals surface area contributed by atoms with Crippen LogP contribution >= 0.6 is 0 Å². The summed E-state index contributed by atoms with van der Waals surface area (Å²) in [5, 5.41) is 0. The highest BCUT2D eigenvalue weighted by molar-refractivity contribution is 5.92. The number of ketones is 1. The molecule has 0 aliphatic carbocycles. The molecule has 2 aromatic rings. The Balaban J connectivity index is 2.26. The highest BCUT2D eigenvalue weighted by Crippen LogP contribution is 2.21. The number of hydrogen-bond donors (Lipinski definition) is 2. The number of nitrogens with one attached hydrogen (secondary N) is 2. The average molecular weight is 202 g/mol. The summed E-state index contributed by atoms with van der Waals surface area (Å²) in [6, 6.07) is 7.80. The van der Waals surface area contributed by atoms with Gasteiger partial charge < -0.3 is 9.97 Å². The van der Waals surface area contributed by atoms with Crippen LogP contribution in [0.3, 0.4) is 0 Å². The van der Waals surface area contributed by atoms with Gasteiger partial charge in [-0.3, -0.25) is 4.79 Å². The lowest BCUT2D eigenvalue weighted by Gasteiger charge is -2.06. The number of rotatable bonds is 3. The lowest BCUT2D eigenvalue weighted by Crippen LogP contribution is -1.98. The van der Waals surface area contributed by atoms with Crippen molar-refractivity contribution >= 4 is 5.78 Å². The minimum Gasteiger partial charge on any atom is -0.364 e. The lowest BCUT2D eigenvalue weighted by atomic mass is 10.1. The van der Waals surface area contributed by atoms with Crippen LogP contribution < -0.4 is 0 Å². The summed E-state index contributed by atoms with van der Waals surface area (Å²) in [4.78, 5) is 17.4. The quantitative estimate of drug-likeness (QED) is 0.738. The Morgan fingerprint density at radius 3 is 2.60 bits per heavy atom. The molecule has 0 amide bonds. The van der Waals surface area contributed by atoms with Crippen LogP contribution in [0.4, 0.5) is 0 Å². The maximum Gasteiger partial charge on any atom is 0.175 e. The number of carbonyl (C=O) groups excluding carboxylic acids is 1. The molecule has 0 saturated heterocycles. The fraction of sp³-hybridized carbons (Fsp3) is 0.250. The average Bonchev–Trinajstić information content (AvgIpc) is 2.88. The zero-order valence-electron chi connectivity index (χ0n) is 8.87. The Morgan fingerprint density at radius 1 is 1.27 bits per heavy atom. The van der Waals surface area contributed by atoms with E-state index in [1.165, 1.54) is 0 Å². The Bertz CT molecular complexity index is 454. The largest absolute Gasteiger partial charge is 0.364 e. The van der Waals surface area contributed by atoms with Gasteiger partial charge in [-0.1, -0.05) is 6.92 Å². The number of hydrogen-bond acceptors (Lipinski definition) is 1. The summed E-state index contributed by atoms with van der Waals surface area (Å²) in [7, 11) is 0. The Hall–Kier alpha value is -1.77. The van der Waals surface area contributed by atoms with Gasteiger partial charge in [0.2, 0.25) is 0 Å². The molecule has 2 N–H and O–H groups in total. The SMILES string of the molecule is CC(=O)c1ccc(C(C)c2ccc[nH]2)[nH]1. The number of aromatic nitrogens is 2. The van der Waals surface area contributed by atoms with E-state index in [2.05, 4.69) is 16.9 Å². The molecule has 2 aromatic heterocycles. The van der Waals surface area contributed by atoms with Gasteiger partial charge in [-0.25, -0.2) is 0 Å². The predicted octanol–water partition coefficient (Wildman–Crippen LogP) is 2.70. The Labute approximate surface area is 88.5 Å². The van der Waals surface area contributed by atoms with Gasteiger partial charge in [-0.05, 0) is 24.3 Å². The first-order valence-corrected chi connectivity index (χ1v) is 5.01. The van der Waals surface area contributed by atoms with E-state index in [9.17, 15) is 4.79 Å². The third-order valence-corrected chi connectivity index (χ3v) is 2.64. The van der Waals surface area contributed by atoms with Crippen molar-refractivity contribution in [2.45, 2.75) is 19.8 Å². The van der Waals surface area contributed by atoms with Gasteiger partial charge in [0, 0.05) is 30.4 Å². The summed E-state index contributed by atoms with van der Waals surface area (Å²) >= 11 is 0. The molecule has 0 saturated carbocycles. The van der Waals surface area contributed by atoms with Crippen molar-refractivity contribution in [2.75, 3.05) is 0 Å².